The van der Waals surface area contributed by atoms with Crippen LogP contribution >= 0.6 is 0 Å². The molecule has 0 N–H and O–H groups in total. The van der Waals surface area contributed by atoms with Crippen LogP contribution in [0.5, 0.6) is 11.5 Å². The molecule has 1 atom stereocenters. The van der Waals surface area contributed by atoms with Gasteiger partial charge in [-0.1, -0.05) is 54.6 Å². The Hall–Kier alpha value is -3.35. The summed E-state index contributed by atoms with van der Waals surface area (Å²) in [6, 6.07) is 20.5. The van der Waals surface area contributed by atoms with Crippen molar-refractivity contribution in [2.45, 2.75) is 18.7 Å². The summed E-state index contributed by atoms with van der Waals surface area (Å²) in [5.74, 6) is -0.326. The molecule has 3 aromatic rings. The van der Waals surface area contributed by atoms with Crippen molar-refractivity contribution in [3.05, 3.63) is 102 Å². The summed E-state index contributed by atoms with van der Waals surface area (Å²) in [5.41, 5.74) is 1.55. The van der Waals surface area contributed by atoms with Gasteiger partial charge < -0.3 is 9.47 Å². The lowest BCUT2D eigenvalue weighted by atomic mass is 9.84. The van der Waals surface area contributed by atoms with Crippen LogP contribution in [0.4, 0.5) is 22.0 Å². The van der Waals surface area contributed by atoms with Crippen molar-refractivity contribution < 1.29 is 31.4 Å². The van der Waals surface area contributed by atoms with Crippen LogP contribution in [0.1, 0.15) is 29.0 Å². The molecule has 2 nitrogen and oxygen atoms in total. The molecule has 0 amide bonds. The Morgan fingerprint density at radius 3 is 1.84 bits per heavy atom. The normalized spacial score (nSPS) is 12.2. The number of rotatable bonds is 7. The lowest BCUT2D eigenvalue weighted by Crippen LogP contribution is -2.17. The van der Waals surface area contributed by atoms with E-state index in [0.717, 1.165) is 5.56 Å². The molecule has 0 aromatic heterocycles. The van der Waals surface area contributed by atoms with Crippen LogP contribution in [0.25, 0.3) is 5.57 Å². The monoisotopic (exact) mass is 434 g/mol. The predicted molar refractivity (Wildman–Crippen MR) is 108 cm³/mol. The third kappa shape index (κ3) is 6.07. The summed E-state index contributed by atoms with van der Waals surface area (Å²) in [6.45, 7) is 0. The number of allylic oxidation sites excluding steroid dienone is 1. The molecule has 0 aliphatic carbocycles. The fourth-order valence-corrected chi connectivity index (χ4v) is 3.32. The van der Waals surface area contributed by atoms with Gasteiger partial charge in [0.05, 0.1) is 7.11 Å². The number of methoxy groups -OCH3 is 1. The molecule has 0 aliphatic heterocycles. The molecule has 0 spiro atoms. The fraction of sp³-hybridized carbons (Fsp3) is 0.167. The topological polar surface area (TPSA) is 18.5 Å². The minimum atomic E-state index is -4.80. The van der Waals surface area contributed by atoms with Crippen molar-refractivity contribution >= 4 is 5.57 Å². The molecule has 0 radical (unpaired) electrons. The second-order valence-electron chi connectivity index (χ2n) is 6.75. The number of benzene rings is 3. The summed E-state index contributed by atoms with van der Waals surface area (Å²) in [7, 11) is 1.49. The van der Waals surface area contributed by atoms with Gasteiger partial charge in [-0.05, 0) is 47.4 Å². The minimum Gasteiger partial charge on any atom is -0.497 e. The molecule has 1 unspecified atom stereocenters. The highest BCUT2D eigenvalue weighted by molar-refractivity contribution is 5.68. The van der Waals surface area contributed by atoms with E-state index >= 15 is 0 Å². The van der Waals surface area contributed by atoms with E-state index < -0.39 is 18.4 Å². The molecule has 162 valence electrons. The van der Waals surface area contributed by atoms with Crippen molar-refractivity contribution in [2.24, 2.45) is 0 Å². The molecule has 3 rings (SSSR count). The number of ether oxygens (including phenoxy) is 2. The number of hydrogen-bond acceptors (Lipinski definition) is 2. The molecular weight excluding hydrogens is 415 g/mol. The molecule has 0 fully saturated rings. The average molecular weight is 434 g/mol. The third-order valence-corrected chi connectivity index (χ3v) is 4.79. The molecule has 3 aromatic carbocycles. The summed E-state index contributed by atoms with van der Waals surface area (Å²) in [4.78, 5) is 0. The SMILES string of the molecule is COc1ccc(C(CC(c2ccccc2)c2ccc(OC(F)(F)F)cc2)=C(F)F)cc1. The van der Waals surface area contributed by atoms with Gasteiger partial charge in [0.15, 0.2) is 0 Å². The second kappa shape index (κ2) is 9.64. The van der Waals surface area contributed by atoms with Crippen molar-refractivity contribution in [3.8, 4) is 11.5 Å². The van der Waals surface area contributed by atoms with Crippen molar-refractivity contribution in [1.82, 2.24) is 0 Å². The quantitative estimate of drug-likeness (QED) is 0.360. The Bertz CT molecular complexity index is 1010. The van der Waals surface area contributed by atoms with Crippen LogP contribution in [0, 0.1) is 0 Å². The molecular formula is C24H19F5O2. The summed E-state index contributed by atoms with van der Waals surface area (Å²) >= 11 is 0. The van der Waals surface area contributed by atoms with E-state index in [9.17, 15) is 22.0 Å². The van der Waals surface area contributed by atoms with Crippen molar-refractivity contribution in [3.63, 3.8) is 0 Å². The van der Waals surface area contributed by atoms with Crippen LogP contribution in [0.15, 0.2) is 84.9 Å². The average Bonchev–Trinajstić information content (AvgIpc) is 2.75. The summed E-state index contributed by atoms with van der Waals surface area (Å²) < 4.78 is 74.2. The molecule has 0 heterocycles. The first-order valence-electron chi connectivity index (χ1n) is 9.36. The van der Waals surface area contributed by atoms with E-state index in [2.05, 4.69) is 4.74 Å². The van der Waals surface area contributed by atoms with Crippen molar-refractivity contribution in [2.75, 3.05) is 7.11 Å². The number of halogens is 5. The Kier molecular flexibility index (Phi) is 6.95. The van der Waals surface area contributed by atoms with Gasteiger partial charge in [-0.25, -0.2) is 0 Å². The van der Waals surface area contributed by atoms with E-state index in [0.29, 0.717) is 16.9 Å². The van der Waals surface area contributed by atoms with E-state index in [1.54, 1.807) is 54.6 Å². The third-order valence-electron chi connectivity index (χ3n) is 4.79. The highest BCUT2D eigenvalue weighted by Gasteiger charge is 2.31. The Labute approximate surface area is 176 Å². The Morgan fingerprint density at radius 1 is 0.774 bits per heavy atom. The maximum atomic E-state index is 13.9. The van der Waals surface area contributed by atoms with E-state index in [1.165, 1.54) is 31.4 Å². The number of hydrogen-bond donors (Lipinski definition) is 0. The molecule has 0 saturated heterocycles. The standard InChI is InChI=1S/C24H19F5O2/c1-30-19-11-7-18(8-12-19)22(23(25)26)15-21(16-5-3-2-4-6-16)17-9-13-20(14-10-17)31-24(27,28)29/h2-14,21H,15H2,1H3. The van der Waals surface area contributed by atoms with E-state index in [1.807, 2.05) is 0 Å². The van der Waals surface area contributed by atoms with Gasteiger partial charge in [-0.3, -0.25) is 0 Å². The molecule has 0 aliphatic rings. The van der Waals surface area contributed by atoms with E-state index in [-0.39, 0.29) is 17.7 Å². The van der Waals surface area contributed by atoms with Gasteiger partial charge in [0.1, 0.15) is 11.5 Å². The second-order valence-corrected chi connectivity index (χ2v) is 6.75. The molecule has 31 heavy (non-hydrogen) atoms. The first kappa shape index (κ1) is 22.3. The van der Waals surface area contributed by atoms with Crippen LogP contribution in [-0.2, 0) is 0 Å². The largest absolute Gasteiger partial charge is 0.573 e. The van der Waals surface area contributed by atoms with Gasteiger partial charge in [-0.15, -0.1) is 13.2 Å². The molecule has 0 saturated carbocycles. The first-order chi connectivity index (χ1) is 14.8. The minimum absolute atomic E-state index is 0.0435. The maximum Gasteiger partial charge on any atom is 0.573 e. The van der Waals surface area contributed by atoms with Crippen molar-refractivity contribution in [1.29, 1.82) is 0 Å². The van der Waals surface area contributed by atoms with Gasteiger partial charge in [0.2, 0.25) is 0 Å². The Morgan fingerprint density at radius 2 is 1.32 bits per heavy atom. The fourth-order valence-electron chi connectivity index (χ4n) is 3.32. The predicted octanol–water partition coefficient (Wildman–Crippen LogP) is 7.42. The van der Waals surface area contributed by atoms with E-state index in [4.69, 9.17) is 4.74 Å². The maximum absolute atomic E-state index is 13.9. The zero-order chi connectivity index (χ0) is 22.4. The van der Waals surface area contributed by atoms with Gasteiger partial charge in [0.25, 0.3) is 6.08 Å². The molecule has 7 heteroatoms. The zero-order valence-electron chi connectivity index (χ0n) is 16.5. The Balaban J connectivity index is 1.96. The highest BCUT2D eigenvalue weighted by atomic mass is 19.4. The first-order valence-corrected chi connectivity index (χ1v) is 9.36. The lowest BCUT2D eigenvalue weighted by molar-refractivity contribution is -0.274. The van der Waals surface area contributed by atoms with Gasteiger partial charge >= 0.3 is 6.36 Å². The smallest absolute Gasteiger partial charge is 0.497 e. The zero-order valence-corrected chi connectivity index (χ0v) is 16.5. The highest BCUT2D eigenvalue weighted by Crippen LogP contribution is 2.38. The van der Waals surface area contributed by atoms with Crippen LogP contribution in [0.3, 0.4) is 0 Å². The van der Waals surface area contributed by atoms with Crippen LogP contribution < -0.4 is 9.47 Å². The summed E-state index contributed by atoms with van der Waals surface area (Å²) in [5, 5.41) is 0. The van der Waals surface area contributed by atoms with Crippen LogP contribution in [-0.4, -0.2) is 13.5 Å². The lowest BCUT2D eigenvalue weighted by Gasteiger charge is -2.20. The van der Waals surface area contributed by atoms with Gasteiger partial charge in [-0.2, -0.15) is 8.78 Å². The summed E-state index contributed by atoms with van der Waals surface area (Å²) in [6.07, 6.45) is -6.66. The molecule has 0 bridgehead atoms. The van der Waals surface area contributed by atoms with Crippen LogP contribution in [0.2, 0.25) is 0 Å². The number of alkyl halides is 3. The van der Waals surface area contributed by atoms with Gasteiger partial charge in [0, 0.05) is 11.5 Å².